The van der Waals surface area contributed by atoms with Crippen LogP contribution in [0.25, 0.3) is 0 Å². The zero-order chi connectivity index (χ0) is 14.3. The number of ether oxygens (including phenoxy) is 1. The van der Waals surface area contributed by atoms with E-state index in [1.165, 1.54) is 12.0 Å². The second-order valence-corrected chi connectivity index (χ2v) is 3.99. The second-order valence-electron chi connectivity index (χ2n) is 3.99. The van der Waals surface area contributed by atoms with Crippen molar-refractivity contribution in [2.24, 2.45) is 0 Å². The highest BCUT2D eigenvalue weighted by molar-refractivity contribution is 5.96. The molecule has 19 heavy (non-hydrogen) atoms. The first-order chi connectivity index (χ1) is 9.10. The molecule has 1 amide bonds. The Hall–Kier alpha value is -2.28. The number of esters is 1. The molecule has 4 nitrogen and oxygen atoms in total. The summed E-state index contributed by atoms with van der Waals surface area (Å²) >= 11 is 0. The van der Waals surface area contributed by atoms with Gasteiger partial charge in [0.1, 0.15) is 6.04 Å². The predicted octanol–water partition coefficient (Wildman–Crippen LogP) is 1.60. The van der Waals surface area contributed by atoms with Gasteiger partial charge in [-0.25, -0.2) is 4.79 Å². The Morgan fingerprint density at radius 1 is 1.32 bits per heavy atom. The number of hydrogen-bond donors (Lipinski definition) is 0. The first-order valence-electron chi connectivity index (χ1n) is 5.95. The molecule has 0 fully saturated rings. The van der Waals surface area contributed by atoms with E-state index in [9.17, 15) is 9.59 Å². The lowest BCUT2D eigenvalue weighted by molar-refractivity contribution is -0.150. The van der Waals surface area contributed by atoms with Crippen LogP contribution in [0.1, 0.15) is 19.4 Å². The molecule has 0 spiro atoms. The minimum Gasteiger partial charge on any atom is -0.467 e. The summed E-state index contributed by atoms with van der Waals surface area (Å²) in [6, 6.07) is 8.77. The molecule has 1 atom stereocenters. The van der Waals surface area contributed by atoms with Crippen LogP contribution in [-0.4, -0.2) is 29.9 Å². The van der Waals surface area contributed by atoms with E-state index in [4.69, 9.17) is 0 Å². The van der Waals surface area contributed by atoms with E-state index >= 15 is 0 Å². The molecule has 0 aliphatic heterocycles. The van der Waals surface area contributed by atoms with E-state index in [0.29, 0.717) is 6.54 Å². The van der Waals surface area contributed by atoms with Crippen LogP contribution in [0, 0.1) is 11.8 Å². The van der Waals surface area contributed by atoms with E-state index in [1.807, 2.05) is 30.3 Å². The molecular weight excluding hydrogens is 242 g/mol. The third-order valence-electron chi connectivity index (χ3n) is 2.70. The highest BCUT2D eigenvalue weighted by atomic mass is 16.5. The van der Waals surface area contributed by atoms with Crippen molar-refractivity contribution in [1.82, 2.24) is 4.90 Å². The van der Waals surface area contributed by atoms with E-state index in [-0.39, 0.29) is 5.91 Å². The topological polar surface area (TPSA) is 46.6 Å². The molecule has 1 aromatic carbocycles. The van der Waals surface area contributed by atoms with Crippen LogP contribution in [-0.2, 0) is 20.9 Å². The smallest absolute Gasteiger partial charge is 0.328 e. The molecule has 0 saturated carbocycles. The molecule has 1 unspecified atom stereocenters. The maximum absolute atomic E-state index is 12.0. The maximum atomic E-state index is 12.0. The summed E-state index contributed by atoms with van der Waals surface area (Å²) in [7, 11) is 1.30. The van der Waals surface area contributed by atoms with Crippen molar-refractivity contribution in [3.05, 3.63) is 35.9 Å². The van der Waals surface area contributed by atoms with Gasteiger partial charge < -0.3 is 9.64 Å². The summed E-state index contributed by atoms with van der Waals surface area (Å²) in [5.41, 5.74) is 0.935. The van der Waals surface area contributed by atoms with Crippen molar-refractivity contribution >= 4 is 11.9 Å². The van der Waals surface area contributed by atoms with Crippen LogP contribution in [0.2, 0.25) is 0 Å². The summed E-state index contributed by atoms with van der Waals surface area (Å²) in [6.07, 6.45) is 0. The molecule has 0 bridgehead atoms. The normalized spacial score (nSPS) is 10.9. The van der Waals surface area contributed by atoms with Crippen LogP contribution >= 0.6 is 0 Å². The Bertz CT molecular complexity index is 499. The fraction of sp³-hybridized carbons (Fsp3) is 0.333. The molecule has 4 heteroatoms. The van der Waals surface area contributed by atoms with Crippen LogP contribution in [0.3, 0.4) is 0 Å². The Morgan fingerprint density at radius 2 is 1.95 bits per heavy atom. The fourth-order valence-corrected chi connectivity index (χ4v) is 1.64. The Labute approximate surface area is 113 Å². The van der Waals surface area contributed by atoms with Gasteiger partial charge >= 0.3 is 5.97 Å². The lowest BCUT2D eigenvalue weighted by Gasteiger charge is -2.25. The molecular formula is C15H17NO3. The van der Waals surface area contributed by atoms with Crippen LogP contribution in [0.5, 0.6) is 0 Å². The third kappa shape index (κ3) is 4.14. The standard InChI is InChI=1S/C15H17NO3/c1-4-8-14(17)16(12(2)15(18)19-3)11-13-9-6-5-7-10-13/h5-7,9-10,12H,11H2,1-3H3. The van der Waals surface area contributed by atoms with Crippen molar-refractivity contribution < 1.29 is 14.3 Å². The Morgan fingerprint density at radius 3 is 2.47 bits per heavy atom. The van der Waals surface area contributed by atoms with Crippen LogP contribution in [0.4, 0.5) is 0 Å². The van der Waals surface area contributed by atoms with Gasteiger partial charge in [-0.15, -0.1) is 0 Å². The summed E-state index contributed by atoms with van der Waals surface area (Å²) in [5, 5.41) is 0. The van der Waals surface area contributed by atoms with Crippen molar-refractivity contribution in [2.45, 2.75) is 26.4 Å². The van der Waals surface area contributed by atoms with E-state index < -0.39 is 12.0 Å². The molecule has 0 radical (unpaired) electrons. The molecule has 0 aromatic heterocycles. The van der Waals surface area contributed by atoms with Crippen molar-refractivity contribution in [3.8, 4) is 11.8 Å². The second kappa shape index (κ2) is 7.22. The minimum absolute atomic E-state index is 0.324. The minimum atomic E-state index is -0.668. The molecule has 100 valence electrons. The lowest BCUT2D eigenvalue weighted by atomic mass is 10.2. The fourth-order valence-electron chi connectivity index (χ4n) is 1.64. The number of carbonyl (C=O) groups excluding carboxylic acids is 2. The van der Waals surface area contributed by atoms with Gasteiger partial charge in [0.25, 0.3) is 5.91 Å². The summed E-state index contributed by atoms with van der Waals surface area (Å²) in [5.74, 6) is 4.17. The molecule has 0 aliphatic carbocycles. The number of nitrogens with zero attached hydrogens (tertiary/aromatic N) is 1. The van der Waals surface area contributed by atoms with Crippen molar-refractivity contribution in [2.75, 3.05) is 7.11 Å². The van der Waals surface area contributed by atoms with Crippen molar-refractivity contribution in [1.29, 1.82) is 0 Å². The maximum Gasteiger partial charge on any atom is 0.328 e. The summed E-state index contributed by atoms with van der Waals surface area (Å²) < 4.78 is 4.68. The average Bonchev–Trinajstić information content (AvgIpc) is 2.44. The van der Waals surface area contributed by atoms with Gasteiger partial charge in [-0.1, -0.05) is 36.3 Å². The van der Waals surface area contributed by atoms with E-state index in [0.717, 1.165) is 5.56 Å². The SMILES string of the molecule is CC#CC(=O)N(Cc1ccccc1)C(C)C(=O)OC. The van der Waals surface area contributed by atoms with Gasteiger partial charge in [0, 0.05) is 6.54 Å². The van der Waals surface area contributed by atoms with Gasteiger partial charge in [-0.05, 0) is 25.3 Å². The van der Waals surface area contributed by atoms with Gasteiger partial charge in [0.05, 0.1) is 7.11 Å². The van der Waals surface area contributed by atoms with Crippen LogP contribution < -0.4 is 0 Å². The zero-order valence-corrected chi connectivity index (χ0v) is 11.3. The first-order valence-corrected chi connectivity index (χ1v) is 5.95. The monoisotopic (exact) mass is 259 g/mol. The molecule has 1 rings (SSSR count). The zero-order valence-electron chi connectivity index (χ0n) is 11.3. The molecule has 0 heterocycles. The van der Waals surface area contributed by atoms with E-state index in [1.54, 1.807) is 13.8 Å². The van der Waals surface area contributed by atoms with E-state index in [2.05, 4.69) is 16.6 Å². The number of hydrogen-bond acceptors (Lipinski definition) is 3. The molecule has 0 N–H and O–H groups in total. The predicted molar refractivity (Wildman–Crippen MR) is 71.9 cm³/mol. The highest BCUT2D eigenvalue weighted by Crippen LogP contribution is 2.09. The Kier molecular flexibility index (Phi) is 5.62. The average molecular weight is 259 g/mol. The van der Waals surface area contributed by atoms with Gasteiger partial charge in [0.2, 0.25) is 0 Å². The highest BCUT2D eigenvalue weighted by Gasteiger charge is 2.25. The van der Waals surface area contributed by atoms with Crippen molar-refractivity contribution in [3.63, 3.8) is 0 Å². The third-order valence-corrected chi connectivity index (χ3v) is 2.70. The molecule has 0 saturated heterocycles. The number of rotatable bonds is 4. The van der Waals surface area contributed by atoms with Gasteiger partial charge in [-0.3, -0.25) is 4.79 Å². The number of carbonyl (C=O) groups is 2. The summed E-state index contributed by atoms with van der Waals surface area (Å²) in [6.45, 7) is 3.54. The first kappa shape index (κ1) is 14.8. The lowest BCUT2D eigenvalue weighted by Crippen LogP contribution is -2.42. The number of benzene rings is 1. The van der Waals surface area contributed by atoms with Crippen LogP contribution in [0.15, 0.2) is 30.3 Å². The molecule has 0 aliphatic rings. The van der Waals surface area contributed by atoms with Gasteiger partial charge in [-0.2, -0.15) is 0 Å². The van der Waals surface area contributed by atoms with Gasteiger partial charge in [0.15, 0.2) is 0 Å². The summed E-state index contributed by atoms with van der Waals surface area (Å²) in [4.78, 5) is 24.9. The largest absolute Gasteiger partial charge is 0.467 e. The number of amides is 1. The quantitative estimate of drug-likeness (QED) is 0.609. The molecule has 1 aromatic rings. The number of methoxy groups -OCH3 is 1. The Balaban J connectivity index is 2.95.